The highest BCUT2D eigenvalue weighted by Gasteiger charge is 2.40. The Morgan fingerprint density at radius 2 is 1.86 bits per heavy atom. The Morgan fingerprint density at radius 3 is 2.29 bits per heavy atom. The van der Waals surface area contributed by atoms with Crippen molar-refractivity contribution < 1.29 is 28.0 Å². The number of nitrogens with zero attached hydrogens (tertiary/aromatic N) is 3. The number of carbonyl (C=O) groups is 1. The van der Waals surface area contributed by atoms with Crippen molar-refractivity contribution >= 4 is 11.7 Å². The summed E-state index contributed by atoms with van der Waals surface area (Å²) >= 11 is 0. The van der Waals surface area contributed by atoms with Crippen LogP contribution in [0.2, 0.25) is 0 Å². The van der Waals surface area contributed by atoms with Crippen LogP contribution in [0.5, 0.6) is 0 Å². The molecule has 0 fully saturated rings. The second kappa shape index (κ2) is 4.89. The van der Waals surface area contributed by atoms with Crippen LogP contribution in [-0.4, -0.2) is 25.6 Å². The smallest absolute Gasteiger partial charge is 0.434 e. The number of nitro benzene ring substituents is 1. The summed E-state index contributed by atoms with van der Waals surface area (Å²) in [5, 5.41) is 19.2. The minimum Gasteiger partial charge on any atom is -0.476 e. The van der Waals surface area contributed by atoms with E-state index in [0.717, 1.165) is 24.3 Å². The molecular weight excluding hydrogens is 295 g/mol. The molecule has 0 unspecified atom stereocenters. The molecule has 0 aliphatic rings. The summed E-state index contributed by atoms with van der Waals surface area (Å²) < 4.78 is 39.4. The molecule has 0 aliphatic heterocycles. The fraction of sp³-hybridized carbons (Fsp3) is 0.0909. The van der Waals surface area contributed by atoms with Crippen LogP contribution in [0.15, 0.2) is 30.6 Å². The number of rotatable bonds is 3. The molecule has 1 heterocycles. The number of halogens is 3. The third-order valence-electron chi connectivity index (χ3n) is 2.58. The van der Waals surface area contributed by atoms with E-state index in [1.807, 2.05) is 0 Å². The molecule has 10 heteroatoms. The molecule has 1 aromatic carbocycles. The van der Waals surface area contributed by atoms with Gasteiger partial charge in [-0.25, -0.2) is 9.78 Å². The molecule has 2 aromatic rings. The highest BCUT2D eigenvalue weighted by Crippen LogP contribution is 2.33. The molecule has 0 spiro atoms. The fourth-order valence-corrected chi connectivity index (χ4v) is 1.71. The highest BCUT2D eigenvalue weighted by molar-refractivity contribution is 5.87. The largest absolute Gasteiger partial charge is 0.476 e. The van der Waals surface area contributed by atoms with Gasteiger partial charge in [0.15, 0.2) is 11.4 Å². The van der Waals surface area contributed by atoms with Gasteiger partial charge >= 0.3 is 12.1 Å². The first-order valence-corrected chi connectivity index (χ1v) is 5.34. The first kappa shape index (κ1) is 14.5. The monoisotopic (exact) mass is 301 g/mol. The second-order valence-electron chi connectivity index (χ2n) is 3.89. The number of hydrogen-bond donors (Lipinski definition) is 1. The second-order valence-corrected chi connectivity index (χ2v) is 3.89. The number of imidazole rings is 1. The van der Waals surface area contributed by atoms with E-state index in [4.69, 9.17) is 5.11 Å². The van der Waals surface area contributed by atoms with Gasteiger partial charge in [0.25, 0.3) is 5.69 Å². The lowest BCUT2D eigenvalue weighted by Crippen LogP contribution is -2.16. The highest BCUT2D eigenvalue weighted by atomic mass is 19.4. The maximum atomic E-state index is 13.0. The molecule has 21 heavy (non-hydrogen) atoms. The maximum Gasteiger partial charge on any atom is 0.434 e. The van der Waals surface area contributed by atoms with Crippen molar-refractivity contribution in [2.24, 2.45) is 0 Å². The SMILES string of the molecule is O=C(O)c1ncn(-c2ccc([N+](=O)[O-])cc2)c1C(F)(F)F. The maximum absolute atomic E-state index is 13.0. The van der Waals surface area contributed by atoms with E-state index in [2.05, 4.69) is 4.98 Å². The van der Waals surface area contributed by atoms with E-state index < -0.39 is 28.5 Å². The third-order valence-corrected chi connectivity index (χ3v) is 2.58. The summed E-state index contributed by atoms with van der Waals surface area (Å²) in [4.78, 5) is 23.8. The Hall–Kier alpha value is -2.91. The summed E-state index contributed by atoms with van der Waals surface area (Å²) in [5.74, 6) is -1.82. The molecular formula is C11H6F3N3O4. The number of nitro groups is 1. The van der Waals surface area contributed by atoms with Gasteiger partial charge in [0.2, 0.25) is 0 Å². The van der Waals surface area contributed by atoms with Crippen LogP contribution in [0.1, 0.15) is 16.2 Å². The van der Waals surface area contributed by atoms with E-state index in [-0.39, 0.29) is 11.4 Å². The van der Waals surface area contributed by atoms with E-state index in [1.165, 1.54) is 0 Å². The number of hydrogen-bond acceptors (Lipinski definition) is 4. The average molecular weight is 301 g/mol. The minimum absolute atomic E-state index is 0.0899. The average Bonchev–Trinajstić information content (AvgIpc) is 2.83. The predicted molar refractivity (Wildman–Crippen MR) is 62.2 cm³/mol. The topological polar surface area (TPSA) is 98.3 Å². The molecule has 0 saturated carbocycles. The van der Waals surface area contributed by atoms with Crippen LogP contribution >= 0.6 is 0 Å². The zero-order chi connectivity index (χ0) is 15.8. The lowest BCUT2D eigenvalue weighted by molar-refractivity contribution is -0.384. The Kier molecular flexibility index (Phi) is 3.37. The molecule has 0 saturated heterocycles. The van der Waals surface area contributed by atoms with Crippen LogP contribution < -0.4 is 0 Å². The molecule has 1 aromatic heterocycles. The first-order chi connectivity index (χ1) is 9.71. The van der Waals surface area contributed by atoms with Gasteiger partial charge in [0, 0.05) is 17.8 Å². The van der Waals surface area contributed by atoms with Crippen LogP contribution in [0.25, 0.3) is 5.69 Å². The minimum atomic E-state index is -4.94. The lowest BCUT2D eigenvalue weighted by atomic mass is 10.2. The van der Waals surface area contributed by atoms with Crippen molar-refractivity contribution in [3.63, 3.8) is 0 Å². The van der Waals surface area contributed by atoms with E-state index in [1.54, 1.807) is 0 Å². The van der Waals surface area contributed by atoms with Gasteiger partial charge in [-0.05, 0) is 12.1 Å². The van der Waals surface area contributed by atoms with Crippen molar-refractivity contribution in [2.45, 2.75) is 6.18 Å². The standard InChI is InChI=1S/C11H6F3N3O4/c12-11(13,14)9-8(10(18)19)15-5-16(9)6-1-3-7(4-2-6)17(20)21/h1-5H,(H,18,19). The fourth-order valence-electron chi connectivity index (χ4n) is 1.71. The number of alkyl halides is 3. The van der Waals surface area contributed by atoms with Gasteiger partial charge in [-0.3, -0.25) is 14.7 Å². The van der Waals surface area contributed by atoms with Gasteiger partial charge in [0.1, 0.15) is 6.33 Å². The summed E-state index contributed by atoms with van der Waals surface area (Å²) in [6.45, 7) is 0. The summed E-state index contributed by atoms with van der Waals surface area (Å²) in [6, 6.07) is 4.16. The van der Waals surface area contributed by atoms with E-state index >= 15 is 0 Å². The van der Waals surface area contributed by atoms with Gasteiger partial charge in [-0.2, -0.15) is 13.2 Å². The van der Waals surface area contributed by atoms with Crippen LogP contribution in [0, 0.1) is 10.1 Å². The number of aromatic carboxylic acids is 1. The van der Waals surface area contributed by atoms with Crippen molar-refractivity contribution in [1.29, 1.82) is 0 Å². The molecule has 0 atom stereocenters. The predicted octanol–water partition coefficient (Wildman–Crippen LogP) is 2.50. The number of aromatic nitrogens is 2. The molecule has 1 N–H and O–H groups in total. The van der Waals surface area contributed by atoms with E-state index in [9.17, 15) is 28.1 Å². The van der Waals surface area contributed by atoms with Gasteiger partial charge < -0.3 is 5.11 Å². The van der Waals surface area contributed by atoms with Gasteiger partial charge in [0.05, 0.1) is 4.92 Å². The van der Waals surface area contributed by atoms with Crippen LogP contribution in [0.3, 0.4) is 0 Å². The number of carboxylic acids is 1. The summed E-state index contributed by atoms with van der Waals surface area (Å²) in [6.07, 6.45) is -4.24. The molecule has 0 amide bonds. The Bertz CT molecular complexity index is 706. The quantitative estimate of drug-likeness (QED) is 0.693. The zero-order valence-electron chi connectivity index (χ0n) is 10.0. The molecule has 0 bridgehead atoms. The number of benzene rings is 1. The van der Waals surface area contributed by atoms with Crippen molar-refractivity contribution in [2.75, 3.05) is 0 Å². The number of non-ortho nitro benzene ring substituents is 1. The summed E-state index contributed by atoms with van der Waals surface area (Å²) in [7, 11) is 0. The molecule has 7 nitrogen and oxygen atoms in total. The zero-order valence-corrected chi connectivity index (χ0v) is 10.0. The lowest BCUT2D eigenvalue weighted by Gasteiger charge is -2.11. The van der Waals surface area contributed by atoms with Gasteiger partial charge in [-0.1, -0.05) is 0 Å². The molecule has 0 radical (unpaired) electrons. The summed E-state index contributed by atoms with van der Waals surface area (Å²) in [5.41, 5.74) is -2.98. The van der Waals surface area contributed by atoms with Gasteiger partial charge in [-0.15, -0.1) is 0 Å². The van der Waals surface area contributed by atoms with Crippen LogP contribution in [-0.2, 0) is 6.18 Å². The number of carboxylic acid groups (broad SMARTS) is 1. The van der Waals surface area contributed by atoms with Crippen LogP contribution in [0.4, 0.5) is 18.9 Å². The Morgan fingerprint density at radius 1 is 1.29 bits per heavy atom. The Balaban J connectivity index is 2.59. The first-order valence-electron chi connectivity index (χ1n) is 5.34. The van der Waals surface area contributed by atoms with E-state index in [0.29, 0.717) is 10.9 Å². The third kappa shape index (κ3) is 2.68. The molecule has 110 valence electrons. The van der Waals surface area contributed by atoms with Crippen molar-refractivity contribution in [3.05, 3.63) is 52.1 Å². The normalized spacial score (nSPS) is 11.4. The van der Waals surface area contributed by atoms with Crippen molar-refractivity contribution in [3.8, 4) is 5.69 Å². The molecule has 2 rings (SSSR count). The van der Waals surface area contributed by atoms with Crippen molar-refractivity contribution in [1.82, 2.24) is 9.55 Å². The Labute approximate surface area is 114 Å². The molecule has 0 aliphatic carbocycles.